The summed E-state index contributed by atoms with van der Waals surface area (Å²) in [5.41, 5.74) is 4.41. The van der Waals surface area contributed by atoms with Crippen LogP contribution in [0.4, 0.5) is 0 Å². The molecule has 1 aromatic carbocycles. The first-order chi connectivity index (χ1) is 9.59. The molecule has 0 aliphatic carbocycles. The lowest BCUT2D eigenvalue weighted by molar-refractivity contribution is -0.367. The van der Waals surface area contributed by atoms with Gasteiger partial charge in [-0.2, -0.15) is 0 Å². The van der Waals surface area contributed by atoms with Gasteiger partial charge in [0.15, 0.2) is 9.84 Å². The predicted octanol–water partition coefficient (Wildman–Crippen LogP) is 0.847. The molecule has 3 N–H and O–H groups in total. The van der Waals surface area contributed by atoms with E-state index in [2.05, 4.69) is 10.7 Å². The van der Waals surface area contributed by atoms with Crippen molar-refractivity contribution in [1.82, 2.24) is 4.98 Å². The Morgan fingerprint density at radius 2 is 1.95 bits per heavy atom. The molecule has 0 aliphatic rings. The summed E-state index contributed by atoms with van der Waals surface area (Å²) in [4.78, 5) is 4.24. The largest absolute Gasteiger partial charge is 0.497 e. The Hall–Kier alpha value is -1.92. The molecule has 0 spiro atoms. The minimum atomic E-state index is -3.49. The van der Waals surface area contributed by atoms with Crippen LogP contribution in [0, 0.1) is 0 Å². The van der Waals surface area contributed by atoms with Crippen LogP contribution < -0.4 is 10.5 Å². The maximum atomic E-state index is 12.7. The molecule has 106 valence electrons. The fraction of sp³-hybridized carbons (Fsp3) is 0.214. The second-order valence-electron chi connectivity index (χ2n) is 4.28. The highest BCUT2D eigenvalue weighted by Gasteiger charge is 2.29. The van der Waals surface area contributed by atoms with E-state index >= 15 is 0 Å². The van der Waals surface area contributed by atoms with Crippen LogP contribution in [-0.2, 0) is 9.84 Å². The smallest absolute Gasteiger partial charge is 0.190 e. The third kappa shape index (κ3) is 2.81. The van der Waals surface area contributed by atoms with Gasteiger partial charge in [0.1, 0.15) is 11.0 Å². The molecule has 2 rings (SSSR count). The van der Waals surface area contributed by atoms with Crippen molar-refractivity contribution in [2.75, 3.05) is 13.7 Å². The average Bonchev–Trinajstić information content (AvgIpc) is 2.49. The minimum Gasteiger partial charge on any atom is -0.497 e. The van der Waals surface area contributed by atoms with Gasteiger partial charge in [0.25, 0.3) is 0 Å². The van der Waals surface area contributed by atoms with Gasteiger partial charge in [0.05, 0.1) is 18.6 Å². The molecule has 0 aliphatic heterocycles. The summed E-state index contributed by atoms with van der Waals surface area (Å²) in [5, 5.41) is -0.690. The zero-order valence-corrected chi connectivity index (χ0v) is 12.0. The molecule has 0 amide bonds. The molecule has 0 saturated heterocycles. The van der Waals surface area contributed by atoms with Crippen LogP contribution in [0.3, 0.4) is 0 Å². The number of ether oxygens (including phenoxy) is 1. The maximum Gasteiger partial charge on any atom is 0.190 e. The highest BCUT2D eigenvalue weighted by Crippen LogP contribution is 2.28. The molecule has 0 saturated carbocycles. The van der Waals surface area contributed by atoms with E-state index in [1.807, 2.05) is 0 Å². The van der Waals surface area contributed by atoms with Crippen molar-refractivity contribution in [1.29, 1.82) is 0 Å². The van der Waals surface area contributed by atoms with E-state index in [0.29, 0.717) is 11.3 Å². The molecule has 0 radical (unpaired) electrons. The molecular weight excluding hydrogens is 276 g/mol. The number of benzene rings is 1. The van der Waals surface area contributed by atoms with Crippen molar-refractivity contribution in [3.8, 4) is 5.75 Å². The van der Waals surface area contributed by atoms with Crippen molar-refractivity contribution < 1.29 is 18.9 Å². The van der Waals surface area contributed by atoms with Gasteiger partial charge in [0.2, 0.25) is 0 Å². The first kappa shape index (κ1) is 14.5. The van der Waals surface area contributed by atoms with Gasteiger partial charge >= 0.3 is 0 Å². The summed E-state index contributed by atoms with van der Waals surface area (Å²) in [7, 11) is -1.95. The fourth-order valence-electron chi connectivity index (χ4n) is 2.00. The van der Waals surface area contributed by atoms with Crippen LogP contribution in [-0.4, -0.2) is 27.1 Å². The van der Waals surface area contributed by atoms with Crippen LogP contribution in [0.15, 0.2) is 53.7 Å². The number of sulfone groups is 1. The van der Waals surface area contributed by atoms with E-state index < -0.39 is 15.1 Å². The number of hydrogen-bond acceptors (Lipinski definition) is 4. The van der Waals surface area contributed by atoms with Crippen molar-refractivity contribution in [3.05, 3.63) is 54.4 Å². The molecule has 6 heteroatoms. The number of nitrogens with zero attached hydrogens (tertiary/aromatic N) is 1. The van der Waals surface area contributed by atoms with Gasteiger partial charge in [-0.05, 0) is 35.9 Å². The molecule has 20 heavy (non-hydrogen) atoms. The van der Waals surface area contributed by atoms with Gasteiger partial charge in [-0.1, -0.05) is 6.07 Å². The molecule has 0 bridgehead atoms. The number of hydrogen-bond donors (Lipinski definition) is 1. The summed E-state index contributed by atoms with van der Waals surface area (Å²) < 4.78 is 30.3. The molecule has 0 unspecified atom stereocenters. The highest BCUT2D eigenvalue weighted by molar-refractivity contribution is 7.91. The summed E-state index contributed by atoms with van der Waals surface area (Å²) in [6.45, 7) is 0.250. The fourth-order valence-corrected chi connectivity index (χ4v) is 3.65. The molecule has 0 fully saturated rings. The van der Waals surface area contributed by atoms with Crippen LogP contribution in [0.5, 0.6) is 5.75 Å². The second-order valence-corrected chi connectivity index (χ2v) is 6.41. The van der Waals surface area contributed by atoms with Crippen molar-refractivity contribution in [2.24, 2.45) is 0 Å². The van der Waals surface area contributed by atoms with Crippen molar-refractivity contribution >= 4 is 9.84 Å². The lowest BCUT2D eigenvalue weighted by Gasteiger charge is -2.14. The van der Waals surface area contributed by atoms with E-state index in [9.17, 15) is 8.42 Å². The van der Waals surface area contributed by atoms with E-state index in [0.717, 1.165) is 0 Å². The SMILES string of the molecule is COc1ccc(S(=O)(=O)[C@@H](C[NH3+])c2cccnc2)cc1. The average molecular weight is 293 g/mol. The standard InChI is InChI=1S/C14H16N2O3S/c1-19-12-4-6-13(7-5-12)20(17,18)14(9-15)11-3-2-8-16-10-11/h2-8,10,14H,9,15H2,1H3/p+1/t14-/m0/s1. The molecule has 5 nitrogen and oxygen atoms in total. The van der Waals surface area contributed by atoms with Crippen LogP contribution in [0.25, 0.3) is 0 Å². The number of quaternary nitrogens is 1. The van der Waals surface area contributed by atoms with Gasteiger partial charge < -0.3 is 10.5 Å². The van der Waals surface area contributed by atoms with E-state index in [1.54, 1.807) is 48.8 Å². The molecule has 1 heterocycles. The Balaban J connectivity index is 2.41. The van der Waals surface area contributed by atoms with Gasteiger partial charge in [-0.15, -0.1) is 0 Å². The first-order valence-corrected chi connectivity index (χ1v) is 7.71. The lowest BCUT2D eigenvalue weighted by Crippen LogP contribution is -2.54. The summed E-state index contributed by atoms with van der Waals surface area (Å²) >= 11 is 0. The third-order valence-electron chi connectivity index (χ3n) is 3.08. The quantitative estimate of drug-likeness (QED) is 0.885. The zero-order chi connectivity index (χ0) is 14.6. The van der Waals surface area contributed by atoms with Gasteiger partial charge in [-0.3, -0.25) is 4.98 Å². The van der Waals surface area contributed by atoms with Gasteiger partial charge in [-0.25, -0.2) is 8.42 Å². The van der Waals surface area contributed by atoms with Crippen molar-refractivity contribution in [2.45, 2.75) is 10.1 Å². The second kappa shape index (κ2) is 6.02. The van der Waals surface area contributed by atoms with Crippen LogP contribution >= 0.6 is 0 Å². The highest BCUT2D eigenvalue weighted by atomic mass is 32.2. The Morgan fingerprint density at radius 3 is 2.45 bits per heavy atom. The molecule has 2 aromatic rings. The first-order valence-electron chi connectivity index (χ1n) is 6.16. The summed E-state index contributed by atoms with van der Waals surface area (Å²) in [6, 6.07) is 9.85. The van der Waals surface area contributed by atoms with Gasteiger partial charge in [0, 0.05) is 12.4 Å². The number of aromatic nitrogens is 1. The Labute approximate surface area is 118 Å². The van der Waals surface area contributed by atoms with E-state index in [-0.39, 0.29) is 11.4 Å². The number of rotatable bonds is 5. The van der Waals surface area contributed by atoms with Crippen LogP contribution in [0.1, 0.15) is 10.8 Å². The van der Waals surface area contributed by atoms with Crippen molar-refractivity contribution in [3.63, 3.8) is 0 Å². The third-order valence-corrected chi connectivity index (χ3v) is 5.27. The lowest BCUT2D eigenvalue weighted by atomic mass is 10.2. The maximum absolute atomic E-state index is 12.7. The summed E-state index contributed by atoms with van der Waals surface area (Å²) in [6.07, 6.45) is 3.18. The Kier molecular flexibility index (Phi) is 4.36. The Bertz CT molecular complexity index is 655. The summed E-state index contributed by atoms with van der Waals surface area (Å²) in [5.74, 6) is 0.622. The molecular formula is C14H17N2O3S+. The Morgan fingerprint density at radius 1 is 1.25 bits per heavy atom. The topological polar surface area (TPSA) is 83.9 Å². The minimum absolute atomic E-state index is 0.250. The molecule has 1 aromatic heterocycles. The normalized spacial score (nSPS) is 12.9. The predicted molar refractivity (Wildman–Crippen MR) is 74.9 cm³/mol. The van der Waals surface area contributed by atoms with E-state index in [4.69, 9.17) is 4.74 Å². The zero-order valence-electron chi connectivity index (χ0n) is 11.2. The van der Waals surface area contributed by atoms with Crippen LogP contribution in [0.2, 0.25) is 0 Å². The number of pyridine rings is 1. The monoisotopic (exact) mass is 293 g/mol. The van der Waals surface area contributed by atoms with E-state index in [1.165, 1.54) is 7.11 Å². The molecule has 1 atom stereocenters. The number of methoxy groups -OCH3 is 1.